The highest BCUT2D eigenvalue weighted by molar-refractivity contribution is 7.89. The van der Waals surface area contributed by atoms with Gasteiger partial charge < -0.3 is 4.90 Å². The summed E-state index contributed by atoms with van der Waals surface area (Å²) in [6.45, 7) is 0.697. The third kappa shape index (κ3) is 4.48. The molecule has 0 aliphatic carbocycles. The molecule has 1 unspecified atom stereocenters. The van der Waals surface area contributed by atoms with Crippen LogP contribution < -0.4 is 0 Å². The molecule has 1 aromatic carbocycles. The van der Waals surface area contributed by atoms with E-state index in [1.54, 1.807) is 60.6 Å². The molecule has 1 aliphatic rings. The number of carbonyl (C=O) groups is 1. The van der Waals surface area contributed by atoms with Crippen molar-refractivity contribution in [3.05, 3.63) is 59.4 Å². The van der Waals surface area contributed by atoms with Gasteiger partial charge in [0.15, 0.2) is 0 Å². The molecule has 0 radical (unpaired) electrons. The van der Waals surface area contributed by atoms with Crippen molar-refractivity contribution in [2.45, 2.75) is 36.7 Å². The normalized spacial score (nSPS) is 18.2. The van der Waals surface area contributed by atoms with Crippen LogP contribution in [0.3, 0.4) is 0 Å². The van der Waals surface area contributed by atoms with Crippen molar-refractivity contribution < 1.29 is 13.2 Å². The minimum Gasteiger partial charge on any atom is -0.340 e. The third-order valence-electron chi connectivity index (χ3n) is 4.67. The van der Waals surface area contributed by atoms with Gasteiger partial charge in [-0.05, 0) is 36.6 Å². The van der Waals surface area contributed by atoms with Crippen LogP contribution in [0.2, 0.25) is 5.15 Å². The second-order valence-corrected chi connectivity index (χ2v) is 8.90. The molecule has 0 saturated carbocycles. The Bertz CT molecular complexity index is 888. The Balaban J connectivity index is 1.80. The molecule has 1 atom stereocenters. The molecule has 2 aromatic rings. The molecular weight excluding hydrogens is 386 g/mol. The van der Waals surface area contributed by atoms with Crippen LogP contribution in [0, 0.1) is 0 Å². The number of aromatic nitrogens is 1. The van der Waals surface area contributed by atoms with Crippen molar-refractivity contribution in [1.82, 2.24) is 14.2 Å². The standard InChI is InChI=1S/C19H22ClN3O3S/c1-22(14-15-10-11-18(20)21-13-15)19(24)17-9-5-6-12-23(17)27(25,26)16-7-3-2-4-8-16/h2-4,7-8,10-11,13,17H,5-6,9,12,14H2,1H3. The zero-order valence-corrected chi connectivity index (χ0v) is 16.7. The van der Waals surface area contributed by atoms with E-state index in [0.717, 1.165) is 18.4 Å². The summed E-state index contributed by atoms with van der Waals surface area (Å²) in [4.78, 5) is 18.8. The highest BCUT2D eigenvalue weighted by Crippen LogP contribution is 2.26. The van der Waals surface area contributed by atoms with E-state index in [-0.39, 0.29) is 10.8 Å². The van der Waals surface area contributed by atoms with Crippen molar-refractivity contribution in [2.75, 3.05) is 13.6 Å². The first-order valence-corrected chi connectivity index (χ1v) is 10.6. The average molecular weight is 408 g/mol. The number of pyridine rings is 1. The fraction of sp³-hybridized carbons (Fsp3) is 0.368. The quantitative estimate of drug-likeness (QED) is 0.714. The molecule has 1 aromatic heterocycles. The van der Waals surface area contributed by atoms with Crippen LogP contribution in [0.5, 0.6) is 0 Å². The van der Waals surface area contributed by atoms with Gasteiger partial charge >= 0.3 is 0 Å². The van der Waals surface area contributed by atoms with Crippen LogP contribution in [0.25, 0.3) is 0 Å². The smallest absolute Gasteiger partial charge is 0.243 e. The Morgan fingerprint density at radius 2 is 1.96 bits per heavy atom. The van der Waals surface area contributed by atoms with Crippen molar-refractivity contribution in [3.63, 3.8) is 0 Å². The van der Waals surface area contributed by atoms with Crippen LogP contribution >= 0.6 is 11.6 Å². The summed E-state index contributed by atoms with van der Waals surface area (Å²) in [5.74, 6) is -0.204. The summed E-state index contributed by atoms with van der Waals surface area (Å²) < 4.78 is 27.5. The molecule has 3 rings (SSSR count). The average Bonchev–Trinajstić information content (AvgIpc) is 2.69. The molecule has 1 fully saturated rings. The van der Waals surface area contributed by atoms with Gasteiger partial charge in [-0.25, -0.2) is 13.4 Å². The first-order valence-electron chi connectivity index (χ1n) is 8.82. The van der Waals surface area contributed by atoms with Crippen molar-refractivity contribution in [3.8, 4) is 0 Å². The minimum absolute atomic E-state index is 0.204. The molecule has 27 heavy (non-hydrogen) atoms. The van der Waals surface area contributed by atoms with Crippen LogP contribution in [0.15, 0.2) is 53.6 Å². The molecule has 144 valence electrons. The lowest BCUT2D eigenvalue weighted by Gasteiger charge is -2.35. The Labute approximate surface area is 164 Å². The molecule has 0 N–H and O–H groups in total. The van der Waals surface area contributed by atoms with E-state index in [1.807, 2.05) is 0 Å². The van der Waals surface area contributed by atoms with E-state index >= 15 is 0 Å². The molecule has 1 aliphatic heterocycles. The number of carbonyl (C=O) groups excluding carboxylic acids is 1. The fourth-order valence-corrected chi connectivity index (χ4v) is 5.06. The largest absolute Gasteiger partial charge is 0.340 e. The van der Waals surface area contributed by atoms with Crippen LogP contribution in [-0.2, 0) is 21.4 Å². The number of piperidine rings is 1. The Kier molecular flexibility index (Phi) is 6.14. The molecular formula is C19H22ClN3O3S. The van der Waals surface area contributed by atoms with Gasteiger partial charge in [0.25, 0.3) is 0 Å². The maximum atomic E-state index is 13.1. The first-order chi connectivity index (χ1) is 12.9. The third-order valence-corrected chi connectivity index (χ3v) is 6.82. The number of likely N-dealkylation sites (N-methyl/N-ethyl adjacent to an activating group) is 1. The second kappa shape index (κ2) is 8.37. The van der Waals surface area contributed by atoms with Gasteiger partial charge in [0.2, 0.25) is 15.9 Å². The van der Waals surface area contributed by atoms with E-state index in [2.05, 4.69) is 4.98 Å². The highest BCUT2D eigenvalue weighted by Gasteiger charge is 2.38. The van der Waals surface area contributed by atoms with Crippen molar-refractivity contribution in [2.24, 2.45) is 0 Å². The van der Waals surface area contributed by atoms with E-state index in [4.69, 9.17) is 11.6 Å². The second-order valence-electron chi connectivity index (χ2n) is 6.62. The summed E-state index contributed by atoms with van der Waals surface area (Å²) in [6.07, 6.45) is 3.72. The van der Waals surface area contributed by atoms with E-state index in [1.165, 1.54) is 4.31 Å². The summed E-state index contributed by atoms with van der Waals surface area (Å²) >= 11 is 5.80. The molecule has 2 heterocycles. The van der Waals surface area contributed by atoms with Gasteiger partial charge in [-0.1, -0.05) is 42.3 Å². The number of amides is 1. The number of halogens is 1. The highest BCUT2D eigenvalue weighted by atomic mass is 35.5. The van der Waals surface area contributed by atoms with Crippen LogP contribution in [-0.4, -0.2) is 48.1 Å². The number of rotatable bonds is 5. The Morgan fingerprint density at radius 3 is 2.63 bits per heavy atom. The predicted molar refractivity (Wildman–Crippen MR) is 104 cm³/mol. The van der Waals surface area contributed by atoms with Crippen LogP contribution in [0.4, 0.5) is 0 Å². The SMILES string of the molecule is CN(Cc1ccc(Cl)nc1)C(=O)C1CCCCN1S(=O)(=O)c1ccccc1. The summed E-state index contributed by atoms with van der Waals surface area (Å²) in [5.41, 5.74) is 0.837. The first kappa shape index (κ1) is 19.8. The van der Waals surface area contributed by atoms with E-state index in [0.29, 0.717) is 24.7 Å². The topological polar surface area (TPSA) is 70.6 Å². The Hall–Kier alpha value is -1.96. The number of sulfonamides is 1. The lowest BCUT2D eigenvalue weighted by Crippen LogP contribution is -2.51. The lowest BCUT2D eigenvalue weighted by atomic mass is 10.0. The fourth-order valence-electron chi connectivity index (χ4n) is 3.27. The Morgan fingerprint density at radius 1 is 1.22 bits per heavy atom. The van der Waals surface area contributed by atoms with Gasteiger partial charge in [-0.15, -0.1) is 0 Å². The lowest BCUT2D eigenvalue weighted by molar-refractivity contribution is -0.135. The maximum absolute atomic E-state index is 13.1. The van der Waals surface area contributed by atoms with Crippen molar-refractivity contribution in [1.29, 1.82) is 0 Å². The zero-order valence-electron chi connectivity index (χ0n) is 15.1. The molecule has 0 spiro atoms. The maximum Gasteiger partial charge on any atom is 0.243 e. The van der Waals surface area contributed by atoms with E-state index < -0.39 is 16.1 Å². The number of nitrogens with zero attached hydrogens (tertiary/aromatic N) is 3. The molecule has 1 amide bonds. The number of benzene rings is 1. The molecule has 1 saturated heterocycles. The van der Waals surface area contributed by atoms with E-state index in [9.17, 15) is 13.2 Å². The summed E-state index contributed by atoms with van der Waals surface area (Å²) in [7, 11) is -2.03. The summed E-state index contributed by atoms with van der Waals surface area (Å²) in [6, 6.07) is 11.1. The monoisotopic (exact) mass is 407 g/mol. The predicted octanol–water partition coefficient (Wildman–Crippen LogP) is 2.94. The van der Waals surface area contributed by atoms with Gasteiger partial charge in [-0.2, -0.15) is 4.31 Å². The van der Waals surface area contributed by atoms with Gasteiger partial charge in [0.05, 0.1) is 4.90 Å². The number of hydrogen-bond donors (Lipinski definition) is 0. The zero-order chi connectivity index (χ0) is 19.4. The molecule has 0 bridgehead atoms. The van der Waals surface area contributed by atoms with Gasteiger partial charge in [0, 0.05) is 26.3 Å². The minimum atomic E-state index is -3.71. The van der Waals surface area contributed by atoms with Gasteiger partial charge in [0.1, 0.15) is 11.2 Å². The van der Waals surface area contributed by atoms with Gasteiger partial charge in [-0.3, -0.25) is 4.79 Å². The number of hydrogen-bond acceptors (Lipinski definition) is 4. The molecule has 6 nitrogen and oxygen atoms in total. The summed E-state index contributed by atoms with van der Waals surface area (Å²) in [5, 5.41) is 0.389. The van der Waals surface area contributed by atoms with Crippen LogP contribution in [0.1, 0.15) is 24.8 Å². The molecule has 8 heteroatoms. The van der Waals surface area contributed by atoms with Crippen molar-refractivity contribution >= 4 is 27.5 Å².